The summed E-state index contributed by atoms with van der Waals surface area (Å²) in [5.41, 5.74) is 5.95. The van der Waals surface area contributed by atoms with Gasteiger partial charge in [0.1, 0.15) is 0 Å². The molecule has 0 rings (SSSR count). The molecule has 1 atom stereocenters. The largest absolute Gasteiger partial charge is 0.330 e. The van der Waals surface area contributed by atoms with E-state index in [9.17, 15) is 0 Å². The highest BCUT2D eigenvalue weighted by atomic mass is 14.6. The average Bonchev–Trinajstić information content (AvgIpc) is 2.00. The highest BCUT2D eigenvalue weighted by Gasteiger charge is 2.17. The van der Waals surface area contributed by atoms with Crippen LogP contribution in [0.4, 0.5) is 0 Å². The highest BCUT2D eigenvalue weighted by Crippen LogP contribution is 2.23. The molecule has 60 valence electrons. The predicted octanol–water partition coefficient (Wildman–Crippen LogP) is 2.33. The summed E-state index contributed by atoms with van der Waals surface area (Å²) in [4.78, 5) is 0. The second kappa shape index (κ2) is 4.51. The molecule has 0 aromatic heterocycles. The van der Waals surface area contributed by atoms with Crippen molar-refractivity contribution in [2.45, 2.75) is 33.6 Å². The van der Waals surface area contributed by atoms with Crippen LogP contribution in [0.25, 0.3) is 0 Å². The molecule has 1 heteroatoms. The SMILES string of the molecule is C/C=C/CC(C)(CC)CN. The summed E-state index contributed by atoms with van der Waals surface area (Å²) in [6.45, 7) is 7.25. The van der Waals surface area contributed by atoms with Crippen molar-refractivity contribution in [3.63, 3.8) is 0 Å². The van der Waals surface area contributed by atoms with E-state index < -0.39 is 0 Å². The summed E-state index contributed by atoms with van der Waals surface area (Å²) < 4.78 is 0. The summed E-state index contributed by atoms with van der Waals surface area (Å²) >= 11 is 0. The Morgan fingerprint density at radius 1 is 1.50 bits per heavy atom. The third-order valence-electron chi connectivity index (χ3n) is 2.19. The van der Waals surface area contributed by atoms with Crippen LogP contribution < -0.4 is 5.73 Å². The van der Waals surface area contributed by atoms with E-state index in [2.05, 4.69) is 26.0 Å². The van der Waals surface area contributed by atoms with Crippen molar-refractivity contribution in [3.8, 4) is 0 Å². The van der Waals surface area contributed by atoms with Crippen LogP contribution in [0.5, 0.6) is 0 Å². The monoisotopic (exact) mass is 141 g/mol. The summed E-state index contributed by atoms with van der Waals surface area (Å²) in [5.74, 6) is 0. The zero-order valence-electron chi connectivity index (χ0n) is 7.35. The number of hydrogen-bond donors (Lipinski definition) is 1. The summed E-state index contributed by atoms with van der Waals surface area (Å²) in [6, 6.07) is 0. The lowest BCUT2D eigenvalue weighted by Gasteiger charge is -2.24. The molecule has 0 bridgehead atoms. The first kappa shape index (κ1) is 9.70. The Balaban J connectivity index is 3.80. The van der Waals surface area contributed by atoms with Crippen LogP contribution in [0, 0.1) is 5.41 Å². The van der Waals surface area contributed by atoms with Crippen LogP contribution in [-0.4, -0.2) is 6.54 Å². The predicted molar refractivity (Wildman–Crippen MR) is 46.9 cm³/mol. The molecular formula is C9H19N. The molecule has 0 saturated heterocycles. The summed E-state index contributed by atoms with van der Waals surface area (Å²) in [5, 5.41) is 0. The van der Waals surface area contributed by atoms with Crippen molar-refractivity contribution in [1.29, 1.82) is 0 Å². The van der Waals surface area contributed by atoms with Crippen LogP contribution in [-0.2, 0) is 0 Å². The standard InChI is InChI=1S/C9H19N/c1-4-6-7-9(3,5-2)8-10/h4,6H,5,7-8,10H2,1-3H3/b6-4+. The molecule has 0 aromatic carbocycles. The lowest BCUT2D eigenvalue weighted by Crippen LogP contribution is -2.25. The average molecular weight is 141 g/mol. The topological polar surface area (TPSA) is 26.0 Å². The maximum Gasteiger partial charge on any atom is -0.00203 e. The molecule has 2 N–H and O–H groups in total. The van der Waals surface area contributed by atoms with Crippen molar-refractivity contribution in [3.05, 3.63) is 12.2 Å². The van der Waals surface area contributed by atoms with Gasteiger partial charge in [-0.05, 0) is 31.7 Å². The van der Waals surface area contributed by atoms with Crippen molar-refractivity contribution in [2.75, 3.05) is 6.54 Å². The molecule has 10 heavy (non-hydrogen) atoms. The van der Waals surface area contributed by atoms with Gasteiger partial charge in [-0.15, -0.1) is 0 Å². The fraction of sp³-hybridized carbons (Fsp3) is 0.778. The molecule has 0 aromatic rings. The minimum absolute atomic E-state index is 0.326. The maximum atomic E-state index is 5.62. The number of rotatable bonds is 4. The first-order valence-electron chi connectivity index (χ1n) is 3.99. The van der Waals surface area contributed by atoms with E-state index in [0.717, 1.165) is 19.4 Å². The Morgan fingerprint density at radius 3 is 2.40 bits per heavy atom. The molecular weight excluding hydrogens is 122 g/mol. The molecule has 0 fully saturated rings. The summed E-state index contributed by atoms with van der Waals surface area (Å²) in [7, 11) is 0. The fourth-order valence-corrected chi connectivity index (χ4v) is 0.774. The third kappa shape index (κ3) is 3.02. The van der Waals surface area contributed by atoms with Crippen LogP contribution >= 0.6 is 0 Å². The van der Waals surface area contributed by atoms with Crippen molar-refractivity contribution < 1.29 is 0 Å². The first-order chi connectivity index (χ1) is 4.68. The highest BCUT2D eigenvalue weighted by molar-refractivity contribution is 4.86. The van der Waals surface area contributed by atoms with Crippen LogP contribution in [0.1, 0.15) is 33.6 Å². The Hall–Kier alpha value is -0.300. The molecule has 0 saturated carbocycles. The van der Waals surface area contributed by atoms with E-state index >= 15 is 0 Å². The second-order valence-electron chi connectivity index (χ2n) is 3.14. The fourth-order valence-electron chi connectivity index (χ4n) is 0.774. The van der Waals surface area contributed by atoms with E-state index in [1.54, 1.807) is 0 Å². The minimum atomic E-state index is 0.326. The first-order valence-corrected chi connectivity index (χ1v) is 3.99. The Bertz CT molecular complexity index is 101. The van der Waals surface area contributed by atoms with E-state index in [4.69, 9.17) is 5.73 Å². The maximum absolute atomic E-state index is 5.62. The van der Waals surface area contributed by atoms with Gasteiger partial charge in [0.15, 0.2) is 0 Å². The van der Waals surface area contributed by atoms with Gasteiger partial charge in [-0.3, -0.25) is 0 Å². The second-order valence-corrected chi connectivity index (χ2v) is 3.14. The van der Waals surface area contributed by atoms with Gasteiger partial charge in [0.05, 0.1) is 0 Å². The number of hydrogen-bond acceptors (Lipinski definition) is 1. The van der Waals surface area contributed by atoms with Gasteiger partial charge >= 0.3 is 0 Å². The van der Waals surface area contributed by atoms with E-state index in [0.29, 0.717) is 5.41 Å². The summed E-state index contributed by atoms with van der Waals surface area (Å²) in [6.07, 6.45) is 6.55. The molecule has 0 aliphatic heterocycles. The molecule has 0 aliphatic carbocycles. The van der Waals surface area contributed by atoms with E-state index in [1.807, 2.05) is 6.92 Å². The van der Waals surface area contributed by atoms with E-state index in [1.165, 1.54) is 0 Å². The van der Waals surface area contributed by atoms with Gasteiger partial charge in [0.25, 0.3) is 0 Å². The Kier molecular flexibility index (Phi) is 4.37. The number of allylic oxidation sites excluding steroid dienone is 2. The van der Waals surface area contributed by atoms with Gasteiger partial charge in [-0.2, -0.15) is 0 Å². The van der Waals surface area contributed by atoms with Gasteiger partial charge in [-0.25, -0.2) is 0 Å². The number of nitrogens with two attached hydrogens (primary N) is 1. The third-order valence-corrected chi connectivity index (χ3v) is 2.19. The smallest absolute Gasteiger partial charge is 0.00203 e. The molecule has 0 radical (unpaired) electrons. The molecule has 0 amide bonds. The quantitative estimate of drug-likeness (QED) is 0.597. The van der Waals surface area contributed by atoms with Crippen LogP contribution in [0.3, 0.4) is 0 Å². The van der Waals surface area contributed by atoms with Gasteiger partial charge < -0.3 is 5.73 Å². The zero-order chi connectivity index (χ0) is 8.04. The van der Waals surface area contributed by atoms with Crippen molar-refractivity contribution in [2.24, 2.45) is 11.1 Å². The molecule has 1 unspecified atom stereocenters. The molecule has 1 nitrogen and oxygen atoms in total. The minimum Gasteiger partial charge on any atom is -0.330 e. The van der Waals surface area contributed by atoms with Gasteiger partial charge in [0.2, 0.25) is 0 Å². The normalized spacial score (nSPS) is 17.6. The molecule has 0 aliphatic rings. The molecule has 0 spiro atoms. The van der Waals surface area contributed by atoms with Crippen LogP contribution in [0.15, 0.2) is 12.2 Å². The molecule has 0 heterocycles. The zero-order valence-corrected chi connectivity index (χ0v) is 7.35. The van der Waals surface area contributed by atoms with Gasteiger partial charge in [0, 0.05) is 0 Å². The lowest BCUT2D eigenvalue weighted by molar-refractivity contribution is 0.327. The van der Waals surface area contributed by atoms with Crippen molar-refractivity contribution in [1.82, 2.24) is 0 Å². The van der Waals surface area contributed by atoms with E-state index in [-0.39, 0.29) is 0 Å². The lowest BCUT2D eigenvalue weighted by atomic mass is 9.84. The Labute approximate surface area is 64.3 Å². The van der Waals surface area contributed by atoms with Gasteiger partial charge in [-0.1, -0.05) is 26.0 Å². The van der Waals surface area contributed by atoms with Crippen molar-refractivity contribution >= 4 is 0 Å². The Morgan fingerprint density at radius 2 is 2.10 bits per heavy atom. The van der Waals surface area contributed by atoms with Crippen LogP contribution in [0.2, 0.25) is 0 Å².